The first-order valence-electron chi connectivity index (χ1n) is 7.86. The van der Waals surface area contributed by atoms with Crippen LogP contribution in [0.25, 0.3) is 0 Å². The van der Waals surface area contributed by atoms with Gasteiger partial charge in [0.05, 0.1) is 12.5 Å². The van der Waals surface area contributed by atoms with E-state index in [0.29, 0.717) is 17.1 Å². The molecule has 0 aliphatic carbocycles. The molecular weight excluding hydrogens is 349 g/mol. The minimum absolute atomic E-state index is 0.0255. The molecule has 0 aliphatic heterocycles. The van der Waals surface area contributed by atoms with Crippen molar-refractivity contribution in [1.82, 2.24) is 9.78 Å². The van der Waals surface area contributed by atoms with Gasteiger partial charge in [0.15, 0.2) is 5.69 Å². The van der Waals surface area contributed by atoms with Crippen molar-refractivity contribution in [3.63, 3.8) is 0 Å². The van der Waals surface area contributed by atoms with Crippen LogP contribution >= 0.6 is 0 Å². The summed E-state index contributed by atoms with van der Waals surface area (Å²) < 4.78 is 39.3. The summed E-state index contributed by atoms with van der Waals surface area (Å²) in [6.45, 7) is 4.53. The molecule has 1 aromatic heterocycles. The Bertz CT molecular complexity index is 797. The van der Waals surface area contributed by atoms with Crippen molar-refractivity contribution < 1.29 is 22.8 Å². The first-order valence-corrected chi connectivity index (χ1v) is 7.86. The summed E-state index contributed by atoms with van der Waals surface area (Å²) in [4.78, 5) is 23.2. The zero-order valence-corrected chi connectivity index (χ0v) is 14.5. The van der Waals surface area contributed by atoms with E-state index >= 15 is 0 Å². The van der Waals surface area contributed by atoms with Crippen LogP contribution in [-0.2, 0) is 22.3 Å². The number of amides is 2. The van der Waals surface area contributed by atoms with Crippen LogP contribution in [0.3, 0.4) is 0 Å². The number of anilines is 2. The Morgan fingerprint density at radius 3 is 2.15 bits per heavy atom. The molecule has 0 spiro atoms. The van der Waals surface area contributed by atoms with Gasteiger partial charge in [0.1, 0.15) is 0 Å². The zero-order chi connectivity index (χ0) is 19.5. The predicted octanol–water partition coefficient (Wildman–Crippen LogP) is 3.44. The molecule has 0 bridgehead atoms. The van der Waals surface area contributed by atoms with Crippen LogP contribution in [0.2, 0.25) is 0 Å². The minimum atomic E-state index is -4.52. The number of carbonyl (C=O) groups is 2. The summed E-state index contributed by atoms with van der Waals surface area (Å²) in [5.74, 6) is -1.14. The SMILES string of the molecule is CC(=O)Nc1ccc(NC(=O)C(C)Cn2nc(C(F)(F)F)cc2C)cc1. The fourth-order valence-corrected chi connectivity index (χ4v) is 2.28. The Morgan fingerprint density at radius 1 is 1.15 bits per heavy atom. The highest BCUT2D eigenvalue weighted by Crippen LogP contribution is 2.28. The Balaban J connectivity index is 1.99. The summed E-state index contributed by atoms with van der Waals surface area (Å²) in [7, 11) is 0. The van der Waals surface area contributed by atoms with Crippen molar-refractivity contribution in [3.05, 3.63) is 41.7 Å². The summed E-state index contributed by atoms with van der Waals surface area (Å²) in [6, 6.07) is 7.46. The molecule has 1 aromatic carbocycles. The Labute approximate surface area is 148 Å². The molecule has 2 amide bonds. The predicted molar refractivity (Wildman–Crippen MR) is 90.5 cm³/mol. The van der Waals surface area contributed by atoms with Gasteiger partial charge in [-0.05, 0) is 37.3 Å². The second-order valence-corrected chi connectivity index (χ2v) is 6.00. The van der Waals surface area contributed by atoms with Gasteiger partial charge in [-0.25, -0.2) is 0 Å². The lowest BCUT2D eigenvalue weighted by molar-refractivity contribution is -0.141. The van der Waals surface area contributed by atoms with Gasteiger partial charge in [-0.3, -0.25) is 14.3 Å². The topological polar surface area (TPSA) is 76.0 Å². The van der Waals surface area contributed by atoms with Gasteiger partial charge in [-0.15, -0.1) is 0 Å². The third-order valence-corrected chi connectivity index (χ3v) is 3.64. The van der Waals surface area contributed by atoms with E-state index in [-0.39, 0.29) is 18.4 Å². The van der Waals surface area contributed by atoms with Crippen LogP contribution < -0.4 is 10.6 Å². The second kappa shape index (κ2) is 7.59. The van der Waals surface area contributed by atoms with E-state index in [1.807, 2.05) is 0 Å². The average Bonchev–Trinajstić information content (AvgIpc) is 2.90. The molecule has 2 aromatic rings. The van der Waals surface area contributed by atoms with E-state index < -0.39 is 17.8 Å². The number of nitrogens with zero attached hydrogens (tertiary/aromatic N) is 2. The standard InChI is InChI=1S/C17H19F3N4O2/c1-10(9-24-11(2)8-15(23-24)17(18,19)20)16(26)22-14-6-4-13(5-7-14)21-12(3)25/h4-8,10H,9H2,1-3H3,(H,21,25)(H,22,26). The van der Waals surface area contributed by atoms with Crippen molar-refractivity contribution in [2.45, 2.75) is 33.5 Å². The lowest BCUT2D eigenvalue weighted by Gasteiger charge is -2.14. The quantitative estimate of drug-likeness (QED) is 0.849. The van der Waals surface area contributed by atoms with Gasteiger partial charge in [-0.1, -0.05) is 6.92 Å². The molecule has 26 heavy (non-hydrogen) atoms. The number of benzene rings is 1. The number of hydrogen-bond acceptors (Lipinski definition) is 3. The maximum Gasteiger partial charge on any atom is 0.435 e. The number of hydrogen-bond donors (Lipinski definition) is 2. The van der Waals surface area contributed by atoms with Crippen molar-refractivity contribution in [2.24, 2.45) is 5.92 Å². The first-order chi connectivity index (χ1) is 12.1. The van der Waals surface area contributed by atoms with Crippen LogP contribution in [0, 0.1) is 12.8 Å². The van der Waals surface area contributed by atoms with Gasteiger partial charge in [0, 0.05) is 24.0 Å². The highest BCUT2D eigenvalue weighted by Gasteiger charge is 2.34. The maximum absolute atomic E-state index is 12.7. The molecule has 6 nitrogen and oxygen atoms in total. The summed E-state index contributed by atoms with van der Waals surface area (Å²) >= 11 is 0. The van der Waals surface area contributed by atoms with E-state index in [9.17, 15) is 22.8 Å². The maximum atomic E-state index is 12.7. The largest absolute Gasteiger partial charge is 0.435 e. The molecule has 0 fully saturated rings. The van der Waals surface area contributed by atoms with Gasteiger partial charge in [-0.2, -0.15) is 18.3 Å². The Morgan fingerprint density at radius 2 is 1.69 bits per heavy atom. The molecule has 140 valence electrons. The van der Waals surface area contributed by atoms with Crippen molar-refractivity contribution in [3.8, 4) is 0 Å². The van der Waals surface area contributed by atoms with E-state index in [1.54, 1.807) is 31.2 Å². The van der Waals surface area contributed by atoms with Crippen LogP contribution in [0.5, 0.6) is 0 Å². The van der Waals surface area contributed by atoms with Crippen molar-refractivity contribution >= 4 is 23.2 Å². The lowest BCUT2D eigenvalue weighted by Crippen LogP contribution is -2.25. The zero-order valence-electron chi connectivity index (χ0n) is 14.5. The third-order valence-electron chi connectivity index (χ3n) is 3.64. The molecule has 1 heterocycles. The van der Waals surface area contributed by atoms with Gasteiger partial charge in [0.25, 0.3) is 0 Å². The summed E-state index contributed by atoms with van der Waals surface area (Å²) in [5.41, 5.74) is 0.465. The number of nitrogens with one attached hydrogen (secondary N) is 2. The molecule has 1 atom stereocenters. The van der Waals surface area contributed by atoms with E-state index in [2.05, 4.69) is 15.7 Å². The average molecular weight is 368 g/mol. The minimum Gasteiger partial charge on any atom is -0.326 e. The number of halogens is 3. The van der Waals surface area contributed by atoms with Crippen molar-refractivity contribution in [2.75, 3.05) is 10.6 Å². The lowest BCUT2D eigenvalue weighted by atomic mass is 10.1. The first kappa shape index (κ1) is 19.5. The Kier molecular flexibility index (Phi) is 5.69. The van der Waals surface area contributed by atoms with Crippen LogP contribution in [0.15, 0.2) is 30.3 Å². The number of aromatic nitrogens is 2. The molecular formula is C17H19F3N4O2. The number of aryl methyl sites for hydroxylation is 1. The molecule has 2 rings (SSSR count). The fraction of sp³-hybridized carbons (Fsp3) is 0.353. The Hall–Kier alpha value is -2.84. The highest BCUT2D eigenvalue weighted by molar-refractivity contribution is 5.93. The molecule has 0 radical (unpaired) electrons. The van der Waals surface area contributed by atoms with E-state index in [1.165, 1.54) is 18.5 Å². The fourth-order valence-electron chi connectivity index (χ4n) is 2.28. The van der Waals surface area contributed by atoms with Gasteiger partial charge in [0.2, 0.25) is 11.8 Å². The second-order valence-electron chi connectivity index (χ2n) is 6.00. The molecule has 9 heteroatoms. The summed E-state index contributed by atoms with van der Waals surface area (Å²) in [5, 5.41) is 8.81. The molecule has 2 N–H and O–H groups in total. The van der Waals surface area contributed by atoms with Crippen LogP contribution in [0.4, 0.5) is 24.5 Å². The molecule has 1 unspecified atom stereocenters. The van der Waals surface area contributed by atoms with E-state index in [0.717, 1.165) is 6.07 Å². The van der Waals surface area contributed by atoms with Crippen molar-refractivity contribution in [1.29, 1.82) is 0 Å². The molecule has 0 saturated carbocycles. The smallest absolute Gasteiger partial charge is 0.326 e. The van der Waals surface area contributed by atoms with Crippen LogP contribution in [0.1, 0.15) is 25.2 Å². The van der Waals surface area contributed by atoms with Gasteiger partial charge < -0.3 is 10.6 Å². The van der Waals surface area contributed by atoms with E-state index in [4.69, 9.17) is 0 Å². The monoisotopic (exact) mass is 368 g/mol. The number of alkyl halides is 3. The number of rotatable bonds is 5. The molecule has 0 saturated heterocycles. The number of carbonyl (C=O) groups excluding carboxylic acids is 2. The summed E-state index contributed by atoms with van der Waals surface area (Å²) in [6.07, 6.45) is -4.52. The normalized spacial score (nSPS) is 12.5. The third kappa shape index (κ3) is 5.08. The molecule has 0 aliphatic rings. The highest BCUT2D eigenvalue weighted by atomic mass is 19.4. The van der Waals surface area contributed by atoms with Gasteiger partial charge >= 0.3 is 6.18 Å². The van der Waals surface area contributed by atoms with Crippen LogP contribution in [-0.4, -0.2) is 21.6 Å².